The molecule has 0 saturated heterocycles. The summed E-state index contributed by atoms with van der Waals surface area (Å²) in [6.07, 6.45) is 1.52. The van der Waals surface area contributed by atoms with Gasteiger partial charge in [0.25, 0.3) is 0 Å². The van der Waals surface area contributed by atoms with Gasteiger partial charge in [-0.1, -0.05) is 12.1 Å². The molecule has 1 aliphatic carbocycles. The molecule has 1 fully saturated rings. The maximum atomic E-state index is 11.2. The van der Waals surface area contributed by atoms with Gasteiger partial charge in [0.1, 0.15) is 5.75 Å². The van der Waals surface area contributed by atoms with Crippen LogP contribution >= 0.6 is 0 Å². The van der Waals surface area contributed by atoms with E-state index in [0.717, 1.165) is 24.2 Å². The summed E-state index contributed by atoms with van der Waals surface area (Å²) in [6.45, 7) is 0. The number of hydrogen-bond acceptors (Lipinski definition) is 3. The van der Waals surface area contributed by atoms with Crippen LogP contribution in [0.1, 0.15) is 18.4 Å². The highest BCUT2D eigenvalue weighted by molar-refractivity contribution is 5.69. The highest BCUT2D eigenvalue weighted by atomic mass is 16.5. The number of ether oxygens (including phenoxy) is 2. The molecule has 4 heteroatoms. The van der Waals surface area contributed by atoms with Gasteiger partial charge in [-0.3, -0.25) is 0 Å². The van der Waals surface area contributed by atoms with E-state index < -0.39 is 0 Å². The summed E-state index contributed by atoms with van der Waals surface area (Å²) in [5.41, 5.74) is 0.873. The summed E-state index contributed by atoms with van der Waals surface area (Å²) < 4.78 is 9.71. The van der Waals surface area contributed by atoms with Gasteiger partial charge in [-0.25, -0.2) is 4.79 Å². The Hall–Kier alpha value is -1.71. The molecule has 0 heterocycles. The maximum absolute atomic E-state index is 11.2. The molecule has 0 aliphatic heterocycles. The Bertz CT molecular complexity index is 382. The normalized spacial score (nSPS) is 16.4. The molecule has 0 atom stereocenters. The van der Waals surface area contributed by atoms with Gasteiger partial charge in [0.15, 0.2) is 0 Å². The molecule has 2 rings (SSSR count). The van der Waals surface area contributed by atoms with Crippen molar-refractivity contribution >= 4 is 6.09 Å². The number of hydrogen-bond donors (Lipinski definition) is 1. The van der Waals surface area contributed by atoms with Gasteiger partial charge in [-0.15, -0.1) is 0 Å². The molecule has 0 aromatic heterocycles. The van der Waals surface area contributed by atoms with E-state index in [0.29, 0.717) is 0 Å². The van der Waals surface area contributed by atoms with Crippen LogP contribution in [0, 0.1) is 0 Å². The molecule has 0 unspecified atom stereocenters. The third-order valence-electron chi connectivity index (χ3n) is 2.92. The largest absolute Gasteiger partial charge is 0.497 e. The highest BCUT2D eigenvalue weighted by Gasteiger charge is 2.46. The van der Waals surface area contributed by atoms with Crippen molar-refractivity contribution in [1.82, 2.24) is 5.32 Å². The Morgan fingerprint density at radius 2 is 1.88 bits per heavy atom. The van der Waals surface area contributed by atoms with Crippen LogP contribution in [0.3, 0.4) is 0 Å². The average molecular weight is 221 g/mol. The SMILES string of the molecule is COC(=O)NC1(c2ccc(OC)cc2)CC1. The molecule has 1 aliphatic rings. The first-order valence-electron chi connectivity index (χ1n) is 5.21. The zero-order valence-electron chi connectivity index (χ0n) is 9.45. The van der Waals surface area contributed by atoms with Gasteiger partial charge in [0.2, 0.25) is 0 Å². The number of carbonyl (C=O) groups is 1. The maximum Gasteiger partial charge on any atom is 0.407 e. The fraction of sp³-hybridized carbons (Fsp3) is 0.417. The number of rotatable bonds is 3. The molecule has 0 spiro atoms. The molecule has 0 radical (unpaired) electrons. The third-order valence-corrected chi connectivity index (χ3v) is 2.92. The topological polar surface area (TPSA) is 47.6 Å². The van der Waals surface area contributed by atoms with Gasteiger partial charge in [0, 0.05) is 0 Å². The first kappa shape index (κ1) is 10.8. The van der Waals surface area contributed by atoms with Crippen molar-refractivity contribution in [1.29, 1.82) is 0 Å². The Morgan fingerprint density at radius 3 is 2.31 bits per heavy atom. The number of methoxy groups -OCH3 is 2. The molecule has 4 nitrogen and oxygen atoms in total. The van der Waals surface area contributed by atoms with E-state index in [1.165, 1.54) is 7.11 Å². The van der Waals surface area contributed by atoms with E-state index in [9.17, 15) is 4.79 Å². The number of nitrogens with one attached hydrogen (secondary N) is 1. The third kappa shape index (κ3) is 1.96. The van der Waals surface area contributed by atoms with Gasteiger partial charge in [-0.05, 0) is 30.5 Å². The van der Waals surface area contributed by atoms with Crippen molar-refractivity contribution in [3.63, 3.8) is 0 Å². The number of amides is 1. The molecule has 1 saturated carbocycles. The van der Waals surface area contributed by atoms with Crippen LogP contribution < -0.4 is 10.1 Å². The predicted octanol–water partition coefficient (Wildman–Crippen LogP) is 2.04. The molecule has 1 aromatic rings. The number of carbonyl (C=O) groups excluding carboxylic acids is 1. The quantitative estimate of drug-likeness (QED) is 0.849. The van der Waals surface area contributed by atoms with Crippen LogP contribution in [-0.4, -0.2) is 20.3 Å². The standard InChI is InChI=1S/C12H15NO3/c1-15-10-5-3-9(4-6-10)12(7-8-12)13-11(14)16-2/h3-6H,7-8H2,1-2H3,(H,13,14). The average Bonchev–Trinajstić information content (AvgIpc) is 3.10. The van der Waals surface area contributed by atoms with E-state index in [2.05, 4.69) is 10.1 Å². The van der Waals surface area contributed by atoms with E-state index in [1.807, 2.05) is 24.3 Å². The second kappa shape index (κ2) is 4.04. The highest BCUT2D eigenvalue weighted by Crippen LogP contribution is 2.45. The minimum Gasteiger partial charge on any atom is -0.497 e. The molecule has 16 heavy (non-hydrogen) atoms. The summed E-state index contributed by atoms with van der Waals surface area (Å²) >= 11 is 0. The molecule has 1 amide bonds. The van der Waals surface area contributed by atoms with E-state index in [1.54, 1.807) is 7.11 Å². The smallest absolute Gasteiger partial charge is 0.407 e. The van der Waals surface area contributed by atoms with Gasteiger partial charge in [0.05, 0.1) is 19.8 Å². The van der Waals surface area contributed by atoms with Crippen molar-refractivity contribution in [2.75, 3.05) is 14.2 Å². The summed E-state index contributed by atoms with van der Waals surface area (Å²) in [7, 11) is 3.01. The molecular formula is C12H15NO3. The molecular weight excluding hydrogens is 206 g/mol. The zero-order valence-corrected chi connectivity index (χ0v) is 9.45. The summed E-state index contributed by atoms with van der Waals surface area (Å²) in [4.78, 5) is 11.2. The zero-order chi connectivity index (χ0) is 11.6. The second-order valence-electron chi connectivity index (χ2n) is 3.93. The minimum absolute atomic E-state index is 0.223. The van der Waals surface area contributed by atoms with Gasteiger partial charge < -0.3 is 14.8 Å². The van der Waals surface area contributed by atoms with Crippen LogP contribution in [0.5, 0.6) is 5.75 Å². The summed E-state index contributed by atoms with van der Waals surface area (Å²) in [5, 5.41) is 2.87. The molecule has 1 N–H and O–H groups in total. The first-order valence-corrected chi connectivity index (χ1v) is 5.21. The van der Waals surface area contributed by atoms with Crippen molar-refractivity contribution in [3.8, 4) is 5.75 Å². The van der Waals surface area contributed by atoms with Gasteiger partial charge in [-0.2, -0.15) is 0 Å². The van der Waals surface area contributed by atoms with Crippen molar-refractivity contribution in [2.24, 2.45) is 0 Å². The summed E-state index contributed by atoms with van der Waals surface area (Å²) in [6, 6.07) is 7.74. The van der Waals surface area contributed by atoms with Gasteiger partial charge >= 0.3 is 6.09 Å². The lowest BCUT2D eigenvalue weighted by molar-refractivity contribution is 0.165. The summed E-state index contributed by atoms with van der Waals surface area (Å²) in [5.74, 6) is 0.817. The number of benzene rings is 1. The fourth-order valence-corrected chi connectivity index (χ4v) is 1.77. The van der Waals surface area contributed by atoms with Crippen molar-refractivity contribution < 1.29 is 14.3 Å². The van der Waals surface area contributed by atoms with Crippen LogP contribution in [0.2, 0.25) is 0 Å². The van der Waals surface area contributed by atoms with Crippen molar-refractivity contribution in [2.45, 2.75) is 18.4 Å². The predicted molar refractivity (Wildman–Crippen MR) is 59.4 cm³/mol. The van der Waals surface area contributed by atoms with E-state index in [4.69, 9.17) is 4.74 Å². The van der Waals surface area contributed by atoms with Crippen LogP contribution in [0.15, 0.2) is 24.3 Å². The first-order chi connectivity index (χ1) is 7.70. The molecule has 86 valence electrons. The lowest BCUT2D eigenvalue weighted by Gasteiger charge is -2.17. The lowest BCUT2D eigenvalue weighted by Crippen LogP contribution is -2.34. The number of alkyl carbamates (subject to hydrolysis) is 1. The Kier molecular flexibility index (Phi) is 2.73. The molecule has 0 bridgehead atoms. The fourth-order valence-electron chi connectivity index (χ4n) is 1.77. The van der Waals surface area contributed by atoms with Crippen molar-refractivity contribution in [3.05, 3.63) is 29.8 Å². The van der Waals surface area contributed by atoms with Crippen LogP contribution in [0.25, 0.3) is 0 Å². The monoisotopic (exact) mass is 221 g/mol. The lowest BCUT2D eigenvalue weighted by atomic mass is 10.1. The Morgan fingerprint density at radius 1 is 1.25 bits per heavy atom. The van der Waals surface area contributed by atoms with Crippen LogP contribution in [0.4, 0.5) is 4.79 Å². The van der Waals surface area contributed by atoms with E-state index in [-0.39, 0.29) is 11.6 Å². The Labute approximate surface area is 94.6 Å². The molecule has 1 aromatic carbocycles. The Balaban J connectivity index is 2.13. The van der Waals surface area contributed by atoms with Crippen LogP contribution in [-0.2, 0) is 10.3 Å². The van der Waals surface area contributed by atoms with E-state index >= 15 is 0 Å². The second-order valence-corrected chi connectivity index (χ2v) is 3.93. The minimum atomic E-state index is -0.381.